The molecule has 4 aromatic heterocycles. The zero-order valence-corrected chi connectivity index (χ0v) is 33.5. The second kappa shape index (κ2) is 13.3. The zero-order valence-electron chi connectivity index (χ0n) is 32.7. The van der Waals surface area contributed by atoms with Crippen molar-refractivity contribution in [1.82, 2.24) is 14.5 Å². The van der Waals surface area contributed by atoms with E-state index in [0.29, 0.717) is 5.82 Å². The van der Waals surface area contributed by atoms with Gasteiger partial charge >= 0.3 is 0 Å². The van der Waals surface area contributed by atoms with Crippen molar-refractivity contribution in [3.8, 4) is 50.6 Å². The molecule has 284 valence electrons. The summed E-state index contributed by atoms with van der Waals surface area (Å²) < 4.78 is 11.4. The number of benzene rings is 9. The van der Waals surface area contributed by atoms with E-state index in [-0.39, 0.29) is 0 Å². The van der Waals surface area contributed by atoms with Crippen LogP contribution >= 0.6 is 11.3 Å². The maximum absolute atomic E-state index is 6.45. The lowest BCUT2D eigenvalue weighted by atomic mass is 9.95. The van der Waals surface area contributed by atoms with Crippen LogP contribution in [0.1, 0.15) is 0 Å². The smallest absolute Gasteiger partial charge is 0.164 e. The monoisotopic (exact) mass is 795 g/mol. The van der Waals surface area contributed by atoms with E-state index in [4.69, 9.17) is 14.4 Å². The number of thiophene rings is 1. The van der Waals surface area contributed by atoms with Gasteiger partial charge in [-0.3, -0.25) is 0 Å². The summed E-state index contributed by atoms with van der Waals surface area (Å²) in [5, 5.41) is 8.17. The number of hydrogen-bond acceptors (Lipinski definition) is 4. The fourth-order valence-electron chi connectivity index (χ4n) is 9.41. The van der Waals surface area contributed by atoms with E-state index in [1.165, 1.54) is 58.7 Å². The van der Waals surface area contributed by atoms with Crippen molar-refractivity contribution in [2.24, 2.45) is 0 Å². The van der Waals surface area contributed by atoms with Gasteiger partial charge in [0.2, 0.25) is 0 Å². The van der Waals surface area contributed by atoms with E-state index >= 15 is 0 Å². The van der Waals surface area contributed by atoms with Crippen molar-refractivity contribution in [2.45, 2.75) is 0 Å². The number of aromatic nitrogens is 3. The minimum Gasteiger partial charge on any atom is -0.455 e. The first-order chi connectivity index (χ1) is 30.2. The minimum atomic E-state index is 0.644. The maximum Gasteiger partial charge on any atom is 0.164 e. The number of furan rings is 1. The Morgan fingerprint density at radius 2 is 1.08 bits per heavy atom. The van der Waals surface area contributed by atoms with Gasteiger partial charge in [0, 0.05) is 58.4 Å². The number of hydrogen-bond donors (Lipinski definition) is 0. The number of para-hydroxylation sites is 4. The molecule has 0 atom stereocenters. The fourth-order valence-corrected chi connectivity index (χ4v) is 10.5. The molecule has 0 unspecified atom stereocenters. The molecule has 0 amide bonds. The Balaban J connectivity index is 0.972. The third-order valence-corrected chi connectivity index (χ3v) is 13.4. The third-order valence-electron chi connectivity index (χ3n) is 12.2. The molecule has 0 saturated heterocycles. The van der Waals surface area contributed by atoms with Gasteiger partial charge in [0.15, 0.2) is 5.82 Å². The number of rotatable bonds is 5. The third kappa shape index (κ3) is 5.31. The van der Waals surface area contributed by atoms with Crippen LogP contribution < -0.4 is 0 Å². The highest BCUT2D eigenvalue weighted by Gasteiger charge is 2.20. The Kier molecular flexibility index (Phi) is 7.44. The van der Waals surface area contributed by atoms with Gasteiger partial charge in [-0.05, 0) is 95.1 Å². The Morgan fingerprint density at radius 1 is 0.410 bits per heavy atom. The van der Waals surface area contributed by atoms with Gasteiger partial charge in [0.05, 0.1) is 27.8 Å². The van der Waals surface area contributed by atoms with Gasteiger partial charge in [-0.2, -0.15) is 0 Å². The van der Waals surface area contributed by atoms with Crippen molar-refractivity contribution < 1.29 is 4.42 Å². The lowest BCUT2D eigenvalue weighted by Gasteiger charge is -2.12. The SMILES string of the molecule is c1ccc(-c2nc(-c3cccc4c3oc3ccccc34)nc3ccc(-c4cccc5sc6ccc(-c7ccc8c(c7)c7ccccc7n8-c7ccccc7)cc6c45)cc23)cc1. The summed E-state index contributed by atoms with van der Waals surface area (Å²) in [5.41, 5.74) is 13.6. The molecule has 0 radical (unpaired) electrons. The normalized spacial score (nSPS) is 11.9. The molecular formula is C56H33N3OS. The molecule has 0 aliphatic carbocycles. The average Bonchev–Trinajstić information content (AvgIpc) is 4.01. The molecule has 0 spiro atoms. The lowest BCUT2D eigenvalue weighted by molar-refractivity contribution is 0.669. The van der Waals surface area contributed by atoms with Gasteiger partial charge in [-0.1, -0.05) is 127 Å². The Hall–Kier alpha value is -7.86. The number of nitrogens with zero attached hydrogens (tertiary/aromatic N) is 3. The molecule has 0 N–H and O–H groups in total. The standard InChI is InChI=1S/C56H33N3OS/c1-3-13-34(14-4-1)54-45-33-37(25-28-47(45)57-56(58-54)43-21-11-20-42-41-18-8-10-23-50(41)60-55(42)43)39-19-12-24-52-53(39)46-32-36(27-30-51(46)61-52)35-26-29-49-44(31-35)40-17-7-9-22-48(40)59(49)38-15-5-2-6-16-38/h1-33H. The van der Waals surface area contributed by atoms with Crippen LogP contribution in [-0.4, -0.2) is 14.5 Å². The molecule has 4 heterocycles. The fraction of sp³-hybridized carbons (Fsp3) is 0. The maximum atomic E-state index is 6.45. The summed E-state index contributed by atoms with van der Waals surface area (Å²) >= 11 is 1.85. The van der Waals surface area contributed by atoms with Crippen LogP contribution in [0.15, 0.2) is 205 Å². The van der Waals surface area contributed by atoms with Gasteiger partial charge in [-0.25, -0.2) is 9.97 Å². The van der Waals surface area contributed by atoms with Crippen LogP contribution in [0.5, 0.6) is 0 Å². The van der Waals surface area contributed by atoms with E-state index in [1.807, 2.05) is 35.6 Å². The van der Waals surface area contributed by atoms with E-state index in [9.17, 15) is 0 Å². The van der Waals surface area contributed by atoms with Crippen LogP contribution in [0.25, 0.3) is 125 Å². The van der Waals surface area contributed by atoms with Gasteiger partial charge in [0.1, 0.15) is 11.2 Å². The predicted molar refractivity (Wildman–Crippen MR) is 256 cm³/mol. The molecule has 13 rings (SSSR count). The van der Waals surface area contributed by atoms with E-state index in [2.05, 4.69) is 180 Å². The highest BCUT2D eigenvalue weighted by Crippen LogP contribution is 2.44. The molecule has 4 nitrogen and oxygen atoms in total. The molecule has 0 saturated carbocycles. The molecule has 61 heavy (non-hydrogen) atoms. The molecule has 9 aromatic carbocycles. The number of fused-ring (bicyclic) bond motifs is 10. The van der Waals surface area contributed by atoms with Crippen molar-refractivity contribution in [2.75, 3.05) is 0 Å². The van der Waals surface area contributed by atoms with Crippen molar-refractivity contribution in [1.29, 1.82) is 0 Å². The summed E-state index contributed by atoms with van der Waals surface area (Å²) in [7, 11) is 0. The first kappa shape index (κ1) is 34.0. The highest BCUT2D eigenvalue weighted by atomic mass is 32.1. The van der Waals surface area contributed by atoms with Crippen LogP contribution in [0.2, 0.25) is 0 Å². The first-order valence-corrected chi connectivity index (χ1v) is 21.4. The lowest BCUT2D eigenvalue weighted by Crippen LogP contribution is -1.96. The highest BCUT2D eigenvalue weighted by molar-refractivity contribution is 7.26. The first-order valence-electron chi connectivity index (χ1n) is 20.6. The minimum absolute atomic E-state index is 0.644. The van der Waals surface area contributed by atoms with Crippen LogP contribution in [-0.2, 0) is 0 Å². The van der Waals surface area contributed by atoms with Gasteiger partial charge in [0.25, 0.3) is 0 Å². The van der Waals surface area contributed by atoms with Gasteiger partial charge in [-0.15, -0.1) is 11.3 Å². The second-order valence-corrected chi connectivity index (χ2v) is 16.8. The summed E-state index contributed by atoms with van der Waals surface area (Å²) in [6.45, 7) is 0. The Morgan fingerprint density at radius 3 is 1.97 bits per heavy atom. The van der Waals surface area contributed by atoms with Crippen molar-refractivity contribution in [3.63, 3.8) is 0 Å². The molecule has 0 bridgehead atoms. The summed E-state index contributed by atoms with van der Waals surface area (Å²) in [5.74, 6) is 0.644. The van der Waals surface area contributed by atoms with E-state index < -0.39 is 0 Å². The van der Waals surface area contributed by atoms with Gasteiger partial charge < -0.3 is 8.98 Å². The molecule has 0 aliphatic rings. The topological polar surface area (TPSA) is 43.9 Å². The van der Waals surface area contributed by atoms with Crippen molar-refractivity contribution >= 4 is 86.2 Å². The summed E-state index contributed by atoms with van der Waals surface area (Å²) in [4.78, 5) is 10.6. The van der Waals surface area contributed by atoms with E-state index in [1.54, 1.807) is 0 Å². The molecule has 5 heteroatoms. The summed E-state index contributed by atoms with van der Waals surface area (Å²) in [6.07, 6.45) is 0. The largest absolute Gasteiger partial charge is 0.455 e. The molecule has 13 aromatic rings. The molecule has 0 aliphatic heterocycles. The molecule has 0 fully saturated rings. The quantitative estimate of drug-likeness (QED) is 0.174. The van der Waals surface area contributed by atoms with Crippen LogP contribution in [0.3, 0.4) is 0 Å². The zero-order chi connectivity index (χ0) is 40.0. The second-order valence-electron chi connectivity index (χ2n) is 15.7. The Labute approximate surface area is 354 Å². The predicted octanol–water partition coefficient (Wildman–Crippen LogP) is 15.7. The summed E-state index contributed by atoms with van der Waals surface area (Å²) in [6, 6.07) is 71.4. The van der Waals surface area contributed by atoms with Crippen molar-refractivity contribution in [3.05, 3.63) is 200 Å². The Bertz CT molecular complexity index is 3880. The average molecular weight is 796 g/mol. The molecular weight excluding hydrogens is 763 g/mol. The van der Waals surface area contributed by atoms with Crippen LogP contribution in [0, 0.1) is 0 Å². The van der Waals surface area contributed by atoms with E-state index in [0.717, 1.165) is 60.9 Å². The van der Waals surface area contributed by atoms with Crippen LogP contribution in [0.4, 0.5) is 0 Å².